The molecule has 1 spiro atoms. The topological polar surface area (TPSA) is 70.1 Å². The van der Waals surface area contributed by atoms with Gasteiger partial charge in [-0.25, -0.2) is 13.6 Å². The lowest BCUT2D eigenvalue weighted by Gasteiger charge is -2.38. The minimum absolute atomic E-state index is 0.0847. The largest absolute Gasteiger partial charge is 0.497 e. The zero-order valence-corrected chi connectivity index (χ0v) is 20.8. The molecule has 38 heavy (non-hydrogen) atoms. The summed E-state index contributed by atoms with van der Waals surface area (Å²) >= 11 is 0. The van der Waals surface area contributed by atoms with Crippen molar-refractivity contribution in [1.82, 2.24) is 9.88 Å². The van der Waals surface area contributed by atoms with Crippen LogP contribution in [0, 0.1) is 0 Å². The Morgan fingerprint density at radius 3 is 2.45 bits per heavy atom. The number of carbonyl (C=O) groups is 1. The molecule has 2 aliphatic heterocycles. The highest BCUT2D eigenvalue weighted by atomic mass is 19.4. The first kappa shape index (κ1) is 28.0. The summed E-state index contributed by atoms with van der Waals surface area (Å²) in [7, 11) is 1.50. The maximum absolute atomic E-state index is 13.5. The number of rotatable bonds is 8. The Kier molecular flexibility index (Phi) is 8.71. The van der Waals surface area contributed by atoms with Crippen molar-refractivity contribution < 1.29 is 45.7 Å². The highest BCUT2D eigenvalue weighted by molar-refractivity contribution is 5.68. The Bertz CT molecular complexity index is 1060. The van der Waals surface area contributed by atoms with Crippen molar-refractivity contribution >= 4 is 6.09 Å². The summed E-state index contributed by atoms with van der Waals surface area (Å²) in [5.41, 5.74) is 0.595. The van der Waals surface area contributed by atoms with Crippen LogP contribution < -0.4 is 4.74 Å². The third-order valence-electron chi connectivity index (χ3n) is 6.93. The minimum atomic E-state index is -4.79. The first-order chi connectivity index (χ1) is 18.1. The molecule has 0 radical (unpaired) electrons. The summed E-state index contributed by atoms with van der Waals surface area (Å²) in [6.45, 7) is -0.228. The van der Waals surface area contributed by atoms with Gasteiger partial charge in [-0.05, 0) is 49.1 Å². The van der Waals surface area contributed by atoms with Gasteiger partial charge >= 0.3 is 12.3 Å². The van der Waals surface area contributed by atoms with Crippen molar-refractivity contribution in [3.8, 4) is 5.75 Å². The van der Waals surface area contributed by atoms with E-state index in [-0.39, 0.29) is 31.2 Å². The number of methoxy groups -OCH3 is 1. The van der Waals surface area contributed by atoms with E-state index in [1.165, 1.54) is 18.1 Å². The van der Waals surface area contributed by atoms with Crippen molar-refractivity contribution in [2.75, 3.05) is 33.4 Å². The van der Waals surface area contributed by atoms with Crippen molar-refractivity contribution in [2.24, 2.45) is 0 Å². The van der Waals surface area contributed by atoms with E-state index in [1.54, 1.807) is 30.3 Å². The normalized spacial score (nSPS) is 20.1. The number of nitrogens with zero attached hydrogens (tertiary/aromatic N) is 2. The average Bonchev–Trinajstić information content (AvgIpc) is 3.31. The van der Waals surface area contributed by atoms with Crippen LogP contribution in [-0.2, 0) is 20.8 Å². The Labute approximate surface area is 216 Å². The molecule has 0 saturated carbocycles. The van der Waals surface area contributed by atoms with E-state index >= 15 is 0 Å². The molecule has 2 fully saturated rings. The number of hydrogen-bond donors (Lipinski definition) is 0. The van der Waals surface area contributed by atoms with Gasteiger partial charge in [-0.15, -0.1) is 0 Å². The zero-order chi connectivity index (χ0) is 27.3. The van der Waals surface area contributed by atoms with Crippen molar-refractivity contribution in [2.45, 2.75) is 56.1 Å². The monoisotopic (exact) mass is 544 g/mol. The predicted octanol–water partition coefficient (Wildman–Crippen LogP) is 5.65. The molecule has 0 N–H and O–H groups in total. The van der Waals surface area contributed by atoms with Crippen LogP contribution in [0.15, 0.2) is 42.6 Å². The van der Waals surface area contributed by atoms with Crippen LogP contribution in [0.5, 0.6) is 5.75 Å². The van der Waals surface area contributed by atoms with E-state index in [0.717, 1.165) is 6.20 Å². The third kappa shape index (κ3) is 6.90. The zero-order valence-electron chi connectivity index (χ0n) is 20.8. The molecule has 2 aromatic rings. The highest BCUT2D eigenvalue weighted by Crippen LogP contribution is 2.42. The molecule has 2 saturated heterocycles. The number of likely N-dealkylation sites (tertiary alicyclic amines) is 1. The summed E-state index contributed by atoms with van der Waals surface area (Å²) < 4.78 is 87.2. The van der Waals surface area contributed by atoms with Gasteiger partial charge in [0.05, 0.1) is 32.5 Å². The third-order valence-corrected chi connectivity index (χ3v) is 6.93. The van der Waals surface area contributed by atoms with E-state index in [0.29, 0.717) is 42.9 Å². The van der Waals surface area contributed by atoms with E-state index in [9.17, 15) is 26.7 Å². The second-order valence-corrected chi connectivity index (χ2v) is 9.48. The van der Waals surface area contributed by atoms with Crippen molar-refractivity contribution in [1.29, 1.82) is 0 Å². The standard InChI is InChI=1S/C26H29F5N2O5/c1-35-20-5-2-17(3-6-20)14-36-16-22(26(29,30)31)38-24(34)33-10-8-25(9-11-33)12-19(15-37-25)21-7-4-18(13-32-21)23(27)28/h2-7,13,19,22-23H,8-12,14-16H2,1H3/t19?,22-/m1/s1. The maximum atomic E-state index is 13.5. The summed E-state index contributed by atoms with van der Waals surface area (Å²) in [4.78, 5) is 17.9. The van der Waals surface area contributed by atoms with E-state index in [2.05, 4.69) is 4.98 Å². The van der Waals surface area contributed by atoms with E-state index in [4.69, 9.17) is 18.9 Å². The molecule has 1 amide bonds. The average molecular weight is 545 g/mol. The summed E-state index contributed by atoms with van der Waals surface area (Å²) in [6.07, 6.45) is -8.28. The second-order valence-electron chi connectivity index (χ2n) is 9.48. The molecule has 1 aromatic carbocycles. The van der Waals surface area contributed by atoms with Crippen LogP contribution >= 0.6 is 0 Å². The fourth-order valence-corrected chi connectivity index (χ4v) is 4.66. The lowest BCUT2D eigenvalue weighted by molar-refractivity contribution is -0.220. The number of benzene rings is 1. The Morgan fingerprint density at radius 2 is 1.87 bits per heavy atom. The summed E-state index contributed by atoms with van der Waals surface area (Å²) in [5, 5.41) is 0. The first-order valence-corrected chi connectivity index (χ1v) is 12.2. The number of pyridine rings is 1. The highest BCUT2D eigenvalue weighted by Gasteiger charge is 2.47. The first-order valence-electron chi connectivity index (χ1n) is 12.2. The van der Waals surface area contributed by atoms with Gasteiger partial charge in [-0.3, -0.25) is 4.98 Å². The van der Waals surface area contributed by atoms with Crippen molar-refractivity contribution in [3.05, 3.63) is 59.4 Å². The van der Waals surface area contributed by atoms with E-state index in [1.807, 2.05) is 0 Å². The number of carbonyl (C=O) groups excluding carboxylic acids is 1. The molecule has 12 heteroatoms. The van der Waals surface area contributed by atoms with E-state index < -0.39 is 37.0 Å². The van der Waals surface area contributed by atoms with Crippen LogP contribution in [0.4, 0.5) is 26.7 Å². The molecular formula is C26H29F5N2O5. The number of piperidine rings is 1. The smallest absolute Gasteiger partial charge is 0.427 e. The number of hydrogen-bond acceptors (Lipinski definition) is 6. The number of alkyl halides is 5. The molecule has 208 valence electrons. The molecule has 0 aliphatic carbocycles. The SMILES string of the molecule is COc1ccc(COC[C@@H](OC(=O)N2CCC3(CC2)CC(c2ccc(C(F)F)cn2)CO3)C(F)(F)F)cc1. The van der Waals surface area contributed by atoms with Gasteiger partial charge in [0, 0.05) is 36.5 Å². The van der Waals surface area contributed by atoms with Crippen LogP contribution in [-0.4, -0.2) is 67.3 Å². The molecule has 1 unspecified atom stereocenters. The van der Waals surface area contributed by atoms with Gasteiger partial charge in [0.1, 0.15) is 5.75 Å². The molecule has 2 aliphatic rings. The Hall–Kier alpha value is -2.99. The van der Waals surface area contributed by atoms with Gasteiger partial charge in [-0.1, -0.05) is 12.1 Å². The maximum Gasteiger partial charge on any atom is 0.427 e. The van der Waals surface area contributed by atoms with Gasteiger partial charge in [0.15, 0.2) is 0 Å². The molecule has 7 nitrogen and oxygen atoms in total. The lowest BCUT2D eigenvalue weighted by atomic mass is 9.84. The molecular weight excluding hydrogens is 515 g/mol. The number of amides is 1. The lowest BCUT2D eigenvalue weighted by Crippen LogP contribution is -2.49. The number of aromatic nitrogens is 1. The van der Waals surface area contributed by atoms with Crippen LogP contribution in [0.1, 0.15) is 48.4 Å². The quantitative estimate of drug-likeness (QED) is 0.400. The predicted molar refractivity (Wildman–Crippen MR) is 125 cm³/mol. The summed E-state index contributed by atoms with van der Waals surface area (Å²) in [6, 6.07) is 9.57. The Balaban J connectivity index is 1.26. The number of ether oxygens (including phenoxy) is 4. The fraction of sp³-hybridized carbons (Fsp3) is 0.538. The van der Waals surface area contributed by atoms with Gasteiger partial charge in [-0.2, -0.15) is 13.2 Å². The molecule has 1 aromatic heterocycles. The van der Waals surface area contributed by atoms with Gasteiger partial charge in [0.25, 0.3) is 6.43 Å². The molecule has 2 atom stereocenters. The van der Waals surface area contributed by atoms with Crippen molar-refractivity contribution in [3.63, 3.8) is 0 Å². The van der Waals surface area contributed by atoms with Crippen LogP contribution in [0.25, 0.3) is 0 Å². The second kappa shape index (κ2) is 11.8. The molecule has 0 bridgehead atoms. The van der Waals surface area contributed by atoms with Gasteiger partial charge < -0.3 is 23.8 Å². The fourth-order valence-electron chi connectivity index (χ4n) is 4.66. The Morgan fingerprint density at radius 1 is 1.16 bits per heavy atom. The van der Waals surface area contributed by atoms with Crippen LogP contribution in [0.2, 0.25) is 0 Å². The number of halogens is 5. The molecule has 3 heterocycles. The summed E-state index contributed by atoms with van der Waals surface area (Å²) in [5.74, 6) is 0.524. The van der Waals surface area contributed by atoms with Crippen LogP contribution in [0.3, 0.4) is 0 Å². The van der Waals surface area contributed by atoms with Gasteiger partial charge in [0.2, 0.25) is 6.10 Å². The molecule has 4 rings (SSSR count). The minimum Gasteiger partial charge on any atom is -0.497 e.